The van der Waals surface area contributed by atoms with Gasteiger partial charge < -0.3 is 4.48 Å². The Morgan fingerprint density at radius 2 is 1.18 bits per heavy atom. The van der Waals surface area contributed by atoms with Crippen LogP contribution < -0.4 is 0 Å². The first-order chi connectivity index (χ1) is 5.00. The van der Waals surface area contributed by atoms with Gasteiger partial charge in [0.2, 0.25) is 0 Å². The van der Waals surface area contributed by atoms with Crippen LogP contribution in [-0.2, 0) is 0 Å². The average Bonchev–Trinajstić information content (AvgIpc) is 1.88. The van der Waals surface area contributed by atoms with Crippen molar-refractivity contribution < 1.29 is 4.48 Å². The second-order valence-electron chi connectivity index (χ2n) is 3.84. The molecule has 0 radical (unpaired) electrons. The quantitative estimate of drug-likeness (QED) is 0.489. The van der Waals surface area contributed by atoms with Gasteiger partial charge in [0, 0.05) is 0 Å². The van der Waals surface area contributed by atoms with Crippen LogP contribution in [0.2, 0.25) is 0 Å². The zero-order chi connectivity index (χ0) is 8.74. The Morgan fingerprint density at radius 3 is 1.27 bits per heavy atom. The zero-order valence-electron chi connectivity index (χ0n) is 7.91. The topological polar surface area (TPSA) is 0 Å². The fraction of sp³-hybridized carbons (Fsp3) is 0.444. The molecule has 0 N–H and O–H groups in total. The molecule has 0 atom stereocenters. The van der Waals surface area contributed by atoms with Crippen LogP contribution >= 0.6 is 0 Å². The summed E-state index contributed by atoms with van der Waals surface area (Å²) >= 11 is 0. The Kier molecular flexibility index (Phi) is 4.79. The first kappa shape index (κ1) is 10.4. The molecule has 60 valence electrons. The van der Waals surface area contributed by atoms with Crippen LogP contribution in [0, 0.1) is 0 Å². The van der Waals surface area contributed by atoms with E-state index in [1.165, 1.54) is 0 Å². The van der Waals surface area contributed by atoms with Crippen LogP contribution in [0.3, 0.4) is 0 Å². The number of rotatable bonds is 0. The maximum absolute atomic E-state index is 2.12. The average molecular weight is 150 g/mol. The van der Waals surface area contributed by atoms with Gasteiger partial charge in [-0.25, -0.2) is 0 Å². The molecule has 0 spiro atoms. The molecule has 1 rings (SSSR count). The van der Waals surface area contributed by atoms with E-state index >= 15 is 0 Å². The van der Waals surface area contributed by atoms with Crippen molar-refractivity contribution in [3.63, 3.8) is 0 Å². The summed E-state index contributed by atoms with van der Waals surface area (Å²) in [7, 11) is 8.50. The molecule has 0 saturated heterocycles. The van der Waals surface area contributed by atoms with Gasteiger partial charge in [-0.2, -0.15) is 0 Å². The van der Waals surface area contributed by atoms with Gasteiger partial charge >= 0.3 is 37.0 Å². The van der Waals surface area contributed by atoms with E-state index in [0.717, 1.165) is 4.48 Å². The van der Waals surface area contributed by atoms with Crippen LogP contribution in [0.15, 0.2) is 30.1 Å². The third-order valence-electron chi connectivity index (χ3n) is 0.667. The Hall–Kier alpha value is -0.625. The molecular weight excluding hydrogens is 133 g/mol. The molecule has 0 bridgehead atoms. The van der Waals surface area contributed by atoms with E-state index in [9.17, 15) is 0 Å². The maximum atomic E-state index is 2.12. The van der Waals surface area contributed by atoms with Crippen molar-refractivity contribution >= 4 is 6.91 Å². The minimum absolute atomic E-state index is 1.00. The molecule has 0 aromatic carbocycles. The third-order valence-corrected chi connectivity index (χ3v) is 0.667. The number of hydrogen-bond donors (Lipinski definition) is 0. The van der Waals surface area contributed by atoms with Gasteiger partial charge in [0.25, 0.3) is 0 Å². The number of nitrogens with zero attached hydrogens (tertiary/aromatic N) is 1. The second kappa shape index (κ2) is 5.08. The van der Waals surface area contributed by atoms with Crippen LogP contribution in [0.5, 0.6) is 0 Å². The van der Waals surface area contributed by atoms with Crippen molar-refractivity contribution in [1.82, 2.24) is 0 Å². The Morgan fingerprint density at radius 1 is 0.818 bits per heavy atom. The van der Waals surface area contributed by atoms with E-state index in [4.69, 9.17) is 0 Å². The van der Waals surface area contributed by atoms with Crippen molar-refractivity contribution in [2.75, 3.05) is 28.2 Å². The van der Waals surface area contributed by atoms with E-state index in [0.29, 0.717) is 0 Å². The fourth-order valence-corrected chi connectivity index (χ4v) is 0.385. The van der Waals surface area contributed by atoms with E-state index in [-0.39, 0.29) is 0 Å². The first-order valence-corrected chi connectivity index (χ1v) is 3.79. The molecule has 1 nitrogen and oxygen atoms in total. The predicted molar refractivity (Wildman–Crippen MR) is 51.7 cm³/mol. The Bertz CT molecular complexity index is 134. The molecule has 0 aliphatic carbocycles. The van der Waals surface area contributed by atoms with Crippen LogP contribution in [-0.4, -0.2) is 39.6 Å². The van der Waals surface area contributed by atoms with Gasteiger partial charge in [-0.05, 0) is 0 Å². The van der Waals surface area contributed by atoms with Crippen molar-refractivity contribution in [3.05, 3.63) is 30.1 Å². The van der Waals surface area contributed by atoms with Gasteiger partial charge in [0.1, 0.15) is 0 Å². The van der Waals surface area contributed by atoms with Gasteiger partial charge in [0.15, 0.2) is 0 Å². The molecule has 0 aliphatic heterocycles. The minimum atomic E-state index is 1.00. The molecule has 1 aromatic rings. The molecule has 0 unspecified atom stereocenters. The monoisotopic (exact) mass is 150 g/mol. The summed E-state index contributed by atoms with van der Waals surface area (Å²) < 4.78 is 1.00. The standard InChI is InChI=1S/C5H5B.C4H12N/c1-2-4-6-5-3-1;1-5(2,3)4/h1-5H;1-4H3/q;+1. The van der Waals surface area contributed by atoms with Crippen molar-refractivity contribution in [1.29, 1.82) is 0 Å². The molecule has 0 saturated carbocycles. The van der Waals surface area contributed by atoms with E-state index in [1.54, 1.807) is 0 Å². The molecule has 11 heavy (non-hydrogen) atoms. The molecule has 0 fully saturated rings. The number of hydrogen-bond acceptors (Lipinski definition) is 0. The molecular formula is C9H17BN+. The summed E-state index contributed by atoms with van der Waals surface area (Å²) in [6.07, 6.45) is 0. The van der Waals surface area contributed by atoms with Crippen molar-refractivity contribution in [2.45, 2.75) is 0 Å². The zero-order valence-corrected chi connectivity index (χ0v) is 7.91. The van der Waals surface area contributed by atoms with Crippen LogP contribution in [0.4, 0.5) is 0 Å². The summed E-state index contributed by atoms with van der Waals surface area (Å²) in [6.45, 7) is 2.00. The van der Waals surface area contributed by atoms with Gasteiger partial charge in [-0.15, -0.1) is 0 Å². The van der Waals surface area contributed by atoms with Gasteiger partial charge in [0.05, 0.1) is 28.2 Å². The Labute approximate surface area is 70.5 Å². The molecule has 1 aromatic heterocycles. The molecule has 0 amide bonds. The summed E-state index contributed by atoms with van der Waals surface area (Å²) in [5, 5.41) is 0. The SMILES string of the molecule is C[N+](C)(C)C.b1ccccc1. The fourth-order valence-electron chi connectivity index (χ4n) is 0.385. The van der Waals surface area contributed by atoms with Crippen molar-refractivity contribution in [2.24, 2.45) is 0 Å². The molecule has 0 aliphatic rings. The summed E-state index contributed by atoms with van der Waals surface area (Å²) in [6, 6.07) is 6.00. The van der Waals surface area contributed by atoms with Gasteiger partial charge in [-0.1, -0.05) is 0 Å². The van der Waals surface area contributed by atoms with E-state index in [1.807, 2.05) is 37.0 Å². The van der Waals surface area contributed by atoms with E-state index < -0.39 is 0 Å². The molecule has 1 heterocycles. The Balaban J connectivity index is 0.000000187. The normalized spacial score (nSPS) is 9.45. The van der Waals surface area contributed by atoms with E-state index in [2.05, 4.69) is 28.2 Å². The van der Waals surface area contributed by atoms with Crippen molar-refractivity contribution in [3.8, 4) is 0 Å². The van der Waals surface area contributed by atoms with Crippen LogP contribution in [0.1, 0.15) is 0 Å². The summed E-state index contributed by atoms with van der Waals surface area (Å²) in [5.41, 5.74) is 0. The van der Waals surface area contributed by atoms with Gasteiger partial charge in [-0.3, -0.25) is 0 Å². The summed E-state index contributed by atoms with van der Waals surface area (Å²) in [4.78, 5) is 0. The second-order valence-corrected chi connectivity index (χ2v) is 3.84. The summed E-state index contributed by atoms with van der Waals surface area (Å²) in [5.74, 6) is 4.00. The number of quaternary nitrogens is 1. The van der Waals surface area contributed by atoms with Crippen LogP contribution in [0.25, 0.3) is 0 Å². The first-order valence-electron chi connectivity index (χ1n) is 3.79. The molecule has 2 heteroatoms. The predicted octanol–water partition coefficient (Wildman–Crippen LogP) is 1.35. The third kappa shape index (κ3) is 17.6.